The Balaban J connectivity index is 1.58. The van der Waals surface area contributed by atoms with Gasteiger partial charge in [0, 0.05) is 29.9 Å². The first kappa shape index (κ1) is 27.3. The number of hydrogen-bond donors (Lipinski definition) is 3. The molecule has 0 saturated carbocycles. The van der Waals surface area contributed by atoms with Crippen LogP contribution < -0.4 is 0 Å². The van der Waals surface area contributed by atoms with Crippen molar-refractivity contribution in [3.05, 3.63) is 98.5 Å². The van der Waals surface area contributed by atoms with Crippen LogP contribution >= 0.6 is 23.2 Å². The van der Waals surface area contributed by atoms with E-state index in [2.05, 4.69) is 4.98 Å². The molecule has 0 aliphatic carbocycles. The fourth-order valence-electron chi connectivity index (χ4n) is 5.55. The number of pyridine rings is 1. The number of rotatable bonds is 5. The summed E-state index contributed by atoms with van der Waals surface area (Å²) in [4.78, 5) is 31.7. The molecule has 8 nitrogen and oxygen atoms in total. The Hall–Kier alpha value is -3.24. The molecule has 39 heavy (non-hydrogen) atoms. The highest BCUT2D eigenvalue weighted by Gasteiger charge is 2.53. The number of carbonyl (C=O) groups is 2. The van der Waals surface area contributed by atoms with Crippen molar-refractivity contribution >= 4 is 35.2 Å². The second-order valence-electron chi connectivity index (χ2n) is 10.1. The molecule has 11 heteroatoms. The molecule has 2 aliphatic heterocycles. The monoisotopic (exact) mass is 573 g/mol. The minimum Gasteiger partial charge on any atom is -0.465 e. The lowest BCUT2D eigenvalue weighted by Crippen LogP contribution is -2.44. The van der Waals surface area contributed by atoms with Gasteiger partial charge in [-0.15, -0.1) is 0 Å². The van der Waals surface area contributed by atoms with Crippen LogP contribution in [0.4, 0.5) is 9.18 Å². The normalized spacial score (nSPS) is 21.1. The van der Waals surface area contributed by atoms with E-state index >= 15 is 4.39 Å². The first-order valence-corrected chi connectivity index (χ1v) is 13.1. The highest BCUT2D eigenvalue weighted by Crippen LogP contribution is 2.47. The number of benzene rings is 2. The Bertz CT molecular complexity index is 1430. The number of piperidine rings is 1. The van der Waals surface area contributed by atoms with Gasteiger partial charge < -0.3 is 20.2 Å². The summed E-state index contributed by atoms with van der Waals surface area (Å²) in [5.41, 5.74) is -3.23. The molecule has 0 spiro atoms. The van der Waals surface area contributed by atoms with Gasteiger partial charge in [-0.25, -0.2) is 9.18 Å². The van der Waals surface area contributed by atoms with Crippen LogP contribution in [0.15, 0.2) is 54.7 Å². The minimum absolute atomic E-state index is 0.0836. The molecule has 5 rings (SSSR count). The van der Waals surface area contributed by atoms with Crippen molar-refractivity contribution in [2.24, 2.45) is 5.92 Å². The lowest BCUT2D eigenvalue weighted by Gasteiger charge is -2.39. The fourth-order valence-corrected chi connectivity index (χ4v) is 5.79. The van der Waals surface area contributed by atoms with Crippen LogP contribution in [0, 0.1) is 11.7 Å². The number of amides is 2. The molecule has 3 N–H and O–H groups in total. The van der Waals surface area contributed by atoms with Crippen molar-refractivity contribution < 1.29 is 29.3 Å². The maximum Gasteiger partial charge on any atom is 0.407 e. The summed E-state index contributed by atoms with van der Waals surface area (Å²) in [5.74, 6) is -1.87. The Labute approximate surface area is 234 Å². The predicted octanol–water partition coefficient (Wildman–Crippen LogP) is 4.97. The van der Waals surface area contributed by atoms with Gasteiger partial charge in [0.15, 0.2) is 5.72 Å². The SMILES string of the molecule is CC(O)(c1cc(F)c2c(c1)C(=O)N(Cc1ccc(Cl)cn1)C2(O)c1ccc(Cl)cc1)C1CCN(C(=O)O)CC1. The Morgan fingerprint density at radius 1 is 1.13 bits per heavy atom. The maximum atomic E-state index is 16.0. The fraction of sp³-hybridized carbons (Fsp3) is 0.321. The lowest BCUT2D eigenvalue weighted by molar-refractivity contribution is -0.0568. The molecule has 2 aromatic carbocycles. The third kappa shape index (κ3) is 4.74. The van der Waals surface area contributed by atoms with Gasteiger partial charge >= 0.3 is 6.09 Å². The number of likely N-dealkylation sites (tertiary alicyclic amines) is 1. The maximum absolute atomic E-state index is 16.0. The van der Waals surface area contributed by atoms with E-state index in [1.54, 1.807) is 12.1 Å². The molecule has 1 aromatic heterocycles. The predicted molar refractivity (Wildman–Crippen MR) is 142 cm³/mol. The molecule has 2 unspecified atom stereocenters. The van der Waals surface area contributed by atoms with Crippen LogP contribution in [0.2, 0.25) is 10.0 Å². The minimum atomic E-state index is -2.18. The van der Waals surface area contributed by atoms with Gasteiger partial charge in [0.05, 0.1) is 34.0 Å². The van der Waals surface area contributed by atoms with Crippen molar-refractivity contribution in [3.8, 4) is 0 Å². The zero-order chi connectivity index (χ0) is 28.1. The van der Waals surface area contributed by atoms with Crippen molar-refractivity contribution in [2.45, 2.75) is 37.6 Å². The molecule has 204 valence electrons. The van der Waals surface area contributed by atoms with E-state index in [1.807, 2.05) is 0 Å². The average Bonchev–Trinajstić information content (AvgIpc) is 3.13. The van der Waals surface area contributed by atoms with Gasteiger partial charge in [-0.05, 0) is 67.6 Å². The van der Waals surface area contributed by atoms with Crippen LogP contribution in [0.1, 0.15) is 52.5 Å². The Kier molecular flexibility index (Phi) is 7.05. The largest absolute Gasteiger partial charge is 0.465 e. The number of aliphatic hydroxyl groups is 2. The molecule has 3 aromatic rings. The second kappa shape index (κ2) is 10.1. The van der Waals surface area contributed by atoms with Gasteiger partial charge in [-0.2, -0.15) is 0 Å². The number of fused-ring (bicyclic) bond motifs is 1. The first-order chi connectivity index (χ1) is 18.4. The van der Waals surface area contributed by atoms with E-state index in [9.17, 15) is 24.9 Å². The average molecular weight is 574 g/mol. The third-order valence-electron chi connectivity index (χ3n) is 7.81. The summed E-state index contributed by atoms with van der Waals surface area (Å²) in [5, 5.41) is 33.7. The molecule has 2 amide bonds. The van der Waals surface area contributed by atoms with Crippen LogP contribution in [0.25, 0.3) is 0 Å². The van der Waals surface area contributed by atoms with Crippen LogP contribution in [0.5, 0.6) is 0 Å². The smallest absolute Gasteiger partial charge is 0.407 e. The van der Waals surface area contributed by atoms with E-state index < -0.39 is 29.1 Å². The van der Waals surface area contributed by atoms with Gasteiger partial charge in [0.2, 0.25) is 0 Å². The molecule has 0 bridgehead atoms. The number of halogens is 3. The second-order valence-corrected chi connectivity index (χ2v) is 11.0. The highest BCUT2D eigenvalue weighted by atomic mass is 35.5. The molecule has 1 saturated heterocycles. The molecule has 2 aliphatic rings. The van der Waals surface area contributed by atoms with Crippen molar-refractivity contribution in [3.63, 3.8) is 0 Å². The Morgan fingerprint density at radius 2 is 1.77 bits per heavy atom. The summed E-state index contributed by atoms with van der Waals surface area (Å²) >= 11 is 12.0. The van der Waals surface area contributed by atoms with Gasteiger partial charge in [-0.1, -0.05) is 35.3 Å². The van der Waals surface area contributed by atoms with Gasteiger partial charge in [0.25, 0.3) is 5.91 Å². The Morgan fingerprint density at radius 3 is 2.36 bits per heavy atom. The summed E-state index contributed by atoms with van der Waals surface area (Å²) in [6.45, 7) is 1.86. The first-order valence-electron chi connectivity index (χ1n) is 12.4. The van der Waals surface area contributed by atoms with Gasteiger partial charge in [-0.3, -0.25) is 14.7 Å². The van der Waals surface area contributed by atoms with Gasteiger partial charge in [0.1, 0.15) is 5.82 Å². The van der Waals surface area contributed by atoms with E-state index in [0.717, 1.165) is 11.0 Å². The van der Waals surface area contributed by atoms with Crippen molar-refractivity contribution in [1.82, 2.24) is 14.8 Å². The zero-order valence-electron chi connectivity index (χ0n) is 20.9. The summed E-state index contributed by atoms with van der Waals surface area (Å²) in [6, 6.07) is 11.9. The number of aromatic nitrogens is 1. The van der Waals surface area contributed by atoms with E-state index in [0.29, 0.717) is 28.6 Å². The number of hydrogen-bond acceptors (Lipinski definition) is 5. The molecule has 0 radical (unpaired) electrons. The molecule has 2 atom stereocenters. The topological polar surface area (TPSA) is 114 Å². The zero-order valence-corrected chi connectivity index (χ0v) is 22.5. The van der Waals surface area contributed by atoms with Crippen LogP contribution in [0.3, 0.4) is 0 Å². The summed E-state index contributed by atoms with van der Waals surface area (Å²) in [6.07, 6.45) is 1.13. The molecule has 3 heterocycles. The van der Waals surface area contributed by atoms with Crippen molar-refractivity contribution in [1.29, 1.82) is 0 Å². The summed E-state index contributed by atoms with van der Waals surface area (Å²) < 4.78 is 16.0. The number of nitrogens with zero attached hydrogens (tertiary/aromatic N) is 3. The quantitative estimate of drug-likeness (QED) is 0.397. The molecule has 1 fully saturated rings. The standard InChI is InChI=1S/C28H26Cl2FN3O5/c1-27(38,16-8-10-33(11-9-16)26(36)37)18-12-22-24(23(31)13-18)28(39,17-2-4-19(29)5-3-17)34(25(22)35)15-21-7-6-20(30)14-32-21/h2-7,12-14,16,38-39H,8-11,15H2,1H3,(H,36,37). The number of carbonyl (C=O) groups excluding carboxylic acids is 1. The molecular formula is C28H26Cl2FN3O5. The third-order valence-corrected chi connectivity index (χ3v) is 8.28. The lowest BCUT2D eigenvalue weighted by atomic mass is 9.76. The van der Waals surface area contributed by atoms with Crippen molar-refractivity contribution in [2.75, 3.05) is 13.1 Å². The highest BCUT2D eigenvalue weighted by molar-refractivity contribution is 6.30. The van der Waals surface area contributed by atoms with E-state index in [4.69, 9.17) is 23.2 Å². The number of carboxylic acid groups (broad SMARTS) is 1. The van der Waals surface area contributed by atoms with Crippen LogP contribution in [-0.4, -0.2) is 55.2 Å². The van der Waals surface area contributed by atoms with Crippen LogP contribution in [-0.2, 0) is 17.9 Å². The summed E-state index contributed by atoms with van der Waals surface area (Å²) in [7, 11) is 0. The van der Waals surface area contributed by atoms with E-state index in [1.165, 1.54) is 48.4 Å². The van der Waals surface area contributed by atoms with E-state index in [-0.39, 0.29) is 47.8 Å². The molecular weight excluding hydrogens is 548 g/mol.